The van der Waals surface area contributed by atoms with Gasteiger partial charge in [-0.25, -0.2) is 0 Å². The first kappa shape index (κ1) is 8.88. The summed E-state index contributed by atoms with van der Waals surface area (Å²) in [6.45, 7) is 4.23. The molecule has 0 saturated carbocycles. The van der Waals surface area contributed by atoms with E-state index in [4.69, 9.17) is 16.2 Å². The van der Waals surface area contributed by atoms with E-state index in [9.17, 15) is 0 Å². The molecule has 0 heterocycles. The second kappa shape index (κ2) is 3.15. The van der Waals surface area contributed by atoms with Crippen molar-refractivity contribution in [3.63, 3.8) is 0 Å². The van der Waals surface area contributed by atoms with Gasteiger partial charge in [-0.05, 0) is 13.8 Å². The molecule has 0 radical (unpaired) electrons. The highest BCUT2D eigenvalue weighted by atomic mass is 16.5. The van der Waals surface area contributed by atoms with Gasteiger partial charge >= 0.3 is 0 Å². The zero-order valence-electron chi connectivity index (χ0n) is 6.35. The van der Waals surface area contributed by atoms with E-state index in [0.29, 0.717) is 6.54 Å². The molecule has 0 saturated heterocycles. The first-order valence-electron chi connectivity index (χ1n) is 3.06. The molecule has 0 aromatic carbocycles. The predicted molar refractivity (Wildman–Crippen MR) is 38.1 cm³/mol. The second-order valence-electron chi connectivity index (χ2n) is 2.59. The van der Waals surface area contributed by atoms with Crippen molar-refractivity contribution in [1.29, 1.82) is 0 Å². The molecule has 2 unspecified atom stereocenters. The van der Waals surface area contributed by atoms with Gasteiger partial charge in [-0.1, -0.05) is 0 Å². The molecule has 0 aliphatic carbocycles. The van der Waals surface area contributed by atoms with Crippen LogP contribution >= 0.6 is 0 Å². The Kier molecular flexibility index (Phi) is 3.11. The highest BCUT2D eigenvalue weighted by Crippen LogP contribution is 2.05. The molecule has 0 bridgehead atoms. The van der Waals surface area contributed by atoms with Crippen LogP contribution in [0.25, 0.3) is 0 Å². The summed E-state index contributed by atoms with van der Waals surface area (Å²) >= 11 is 0. The largest absolute Gasteiger partial charge is 0.380 e. The molecule has 0 fully saturated rings. The van der Waals surface area contributed by atoms with E-state index in [-0.39, 0.29) is 6.10 Å². The summed E-state index contributed by atoms with van der Waals surface area (Å²) in [6.07, 6.45) is 0.0162. The van der Waals surface area contributed by atoms with E-state index in [2.05, 4.69) is 0 Å². The van der Waals surface area contributed by atoms with Crippen LogP contribution in [0.1, 0.15) is 13.8 Å². The van der Waals surface area contributed by atoms with Crippen molar-refractivity contribution in [2.75, 3.05) is 13.7 Å². The summed E-state index contributed by atoms with van der Waals surface area (Å²) in [5, 5.41) is 0. The van der Waals surface area contributed by atoms with Crippen LogP contribution in [-0.2, 0) is 4.74 Å². The minimum Gasteiger partial charge on any atom is -0.380 e. The van der Waals surface area contributed by atoms with Crippen molar-refractivity contribution >= 4 is 0 Å². The molecule has 0 aromatic heterocycles. The molecule has 3 heteroatoms. The van der Waals surface area contributed by atoms with Crippen LogP contribution in [0, 0.1) is 0 Å². The third kappa shape index (κ3) is 2.30. The molecule has 9 heavy (non-hydrogen) atoms. The molecule has 0 aliphatic rings. The summed E-state index contributed by atoms with van der Waals surface area (Å²) < 4.78 is 5.00. The van der Waals surface area contributed by atoms with Crippen molar-refractivity contribution in [2.24, 2.45) is 11.5 Å². The molecule has 2 atom stereocenters. The zero-order chi connectivity index (χ0) is 7.49. The number of nitrogens with two attached hydrogens (primary N) is 2. The lowest BCUT2D eigenvalue weighted by atomic mass is 9.98. The summed E-state index contributed by atoms with van der Waals surface area (Å²) in [7, 11) is 1.63. The Morgan fingerprint density at radius 2 is 2.11 bits per heavy atom. The maximum atomic E-state index is 5.72. The van der Waals surface area contributed by atoms with Gasteiger partial charge in [0.15, 0.2) is 0 Å². The Morgan fingerprint density at radius 3 is 2.22 bits per heavy atom. The van der Waals surface area contributed by atoms with Gasteiger partial charge in [0, 0.05) is 13.7 Å². The van der Waals surface area contributed by atoms with E-state index in [1.807, 2.05) is 13.8 Å². The van der Waals surface area contributed by atoms with Gasteiger partial charge in [0.25, 0.3) is 0 Å². The summed E-state index contributed by atoms with van der Waals surface area (Å²) in [5.74, 6) is 0. The molecule has 0 aromatic rings. The Bertz CT molecular complexity index is 83.1. The van der Waals surface area contributed by atoms with Gasteiger partial charge in [-0.3, -0.25) is 0 Å². The molecule has 0 spiro atoms. The number of hydrogen-bond donors (Lipinski definition) is 2. The fraction of sp³-hybridized carbons (Fsp3) is 1.00. The number of hydrogen-bond acceptors (Lipinski definition) is 3. The number of ether oxygens (including phenoxy) is 1. The van der Waals surface area contributed by atoms with Crippen LogP contribution < -0.4 is 11.5 Å². The van der Waals surface area contributed by atoms with Crippen LogP contribution in [0.2, 0.25) is 0 Å². The fourth-order valence-electron chi connectivity index (χ4n) is 0.435. The molecule has 0 amide bonds. The lowest BCUT2D eigenvalue weighted by Crippen LogP contribution is -2.53. The van der Waals surface area contributed by atoms with Gasteiger partial charge in [-0.2, -0.15) is 0 Å². The highest BCUT2D eigenvalue weighted by molar-refractivity contribution is 4.85. The van der Waals surface area contributed by atoms with Crippen molar-refractivity contribution in [2.45, 2.75) is 25.5 Å². The van der Waals surface area contributed by atoms with Gasteiger partial charge in [-0.15, -0.1) is 0 Å². The number of methoxy groups -OCH3 is 1. The third-order valence-corrected chi connectivity index (χ3v) is 1.72. The zero-order valence-corrected chi connectivity index (χ0v) is 6.35. The topological polar surface area (TPSA) is 61.3 Å². The average Bonchev–Trinajstić information content (AvgIpc) is 1.86. The van der Waals surface area contributed by atoms with Crippen molar-refractivity contribution in [3.8, 4) is 0 Å². The quantitative estimate of drug-likeness (QED) is 0.554. The van der Waals surface area contributed by atoms with Gasteiger partial charge in [0.05, 0.1) is 11.6 Å². The molecule has 3 nitrogen and oxygen atoms in total. The number of rotatable bonds is 3. The predicted octanol–water partition coefficient (Wildman–Crippen LogP) is -0.303. The average molecular weight is 132 g/mol. The SMILES string of the molecule is COC(C)C(C)(N)CN. The van der Waals surface area contributed by atoms with Crippen LogP contribution in [0.15, 0.2) is 0 Å². The van der Waals surface area contributed by atoms with E-state index in [1.54, 1.807) is 7.11 Å². The monoisotopic (exact) mass is 132 g/mol. The Balaban J connectivity index is 3.80. The minimum atomic E-state index is -0.394. The van der Waals surface area contributed by atoms with Crippen molar-refractivity contribution in [1.82, 2.24) is 0 Å². The molecule has 4 N–H and O–H groups in total. The molecular weight excluding hydrogens is 116 g/mol. The smallest absolute Gasteiger partial charge is 0.0732 e. The Morgan fingerprint density at radius 1 is 1.67 bits per heavy atom. The minimum absolute atomic E-state index is 0.0162. The molecule has 56 valence electrons. The van der Waals surface area contributed by atoms with E-state index in [0.717, 1.165) is 0 Å². The first-order chi connectivity index (χ1) is 4.04. The maximum Gasteiger partial charge on any atom is 0.0732 e. The molecule has 0 aliphatic heterocycles. The Labute approximate surface area is 56.4 Å². The lowest BCUT2D eigenvalue weighted by Gasteiger charge is -2.28. The summed E-state index contributed by atoms with van der Waals surface area (Å²) in [6, 6.07) is 0. The summed E-state index contributed by atoms with van der Waals surface area (Å²) in [5.41, 5.74) is 10.7. The van der Waals surface area contributed by atoms with Gasteiger partial charge < -0.3 is 16.2 Å². The van der Waals surface area contributed by atoms with Gasteiger partial charge in [0.2, 0.25) is 0 Å². The van der Waals surface area contributed by atoms with Crippen molar-refractivity contribution in [3.05, 3.63) is 0 Å². The second-order valence-corrected chi connectivity index (χ2v) is 2.59. The van der Waals surface area contributed by atoms with Gasteiger partial charge in [0.1, 0.15) is 0 Å². The molecule has 0 rings (SSSR count). The van der Waals surface area contributed by atoms with Crippen LogP contribution in [0.3, 0.4) is 0 Å². The Hall–Kier alpha value is -0.120. The highest BCUT2D eigenvalue weighted by Gasteiger charge is 2.23. The van der Waals surface area contributed by atoms with Crippen LogP contribution in [0.5, 0.6) is 0 Å². The van der Waals surface area contributed by atoms with Crippen LogP contribution in [-0.4, -0.2) is 25.3 Å². The lowest BCUT2D eigenvalue weighted by molar-refractivity contribution is 0.0602. The van der Waals surface area contributed by atoms with E-state index in [1.165, 1.54) is 0 Å². The maximum absolute atomic E-state index is 5.72. The normalized spacial score (nSPS) is 21.0. The standard InChI is InChI=1S/C6H16N2O/c1-5(9-3)6(2,8)4-7/h5H,4,7-8H2,1-3H3. The third-order valence-electron chi connectivity index (χ3n) is 1.72. The molecular formula is C6H16N2O. The van der Waals surface area contributed by atoms with E-state index < -0.39 is 5.54 Å². The fourth-order valence-corrected chi connectivity index (χ4v) is 0.435. The summed E-state index contributed by atoms with van der Waals surface area (Å²) in [4.78, 5) is 0. The van der Waals surface area contributed by atoms with E-state index >= 15 is 0 Å². The van der Waals surface area contributed by atoms with Crippen LogP contribution in [0.4, 0.5) is 0 Å². The first-order valence-corrected chi connectivity index (χ1v) is 3.06. The van der Waals surface area contributed by atoms with Crippen molar-refractivity contribution < 1.29 is 4.74 Å².